The van der Waals surface area contributed by atoms with E-state index >= 15 is 0 Å². The van der Waals surface area contributed by atoms with Crippen LogP contribution in [0.25, 0.3) is 21.9 Å². The largest absolute Gasteiger partial charge is 0.491 e. The van der Waals surface area contributed by atoms with Crippen molar-refractivity contribution in [2.24, 2.45) is 7.05 Å². The Bertz CT molecular complexity index is 1170. The average molecular weight is 436 g/mol. The monoisotopic (exact) mass is 435 g/mol. The van der Waals surface area contributed by atoms with E-state index in [4.69, 9.17) is 4.74 Å². The number of hydrogen-bond donors (Lipinski definition) is 1. The first-order valence-corrected chi connectivity index (χ1v) is 10.9. The van der Waals surface area contributed by atoms with E-state index in [2.05, 4.69) is 11.0 Å². The zero-order valence-electron chi connectivity index (χ0n) is 18.5. The van der Waals surface area contributed by atoms with Crippen LogP contribution in [0.1, 0.15) is 6.92 Å². The highest BCUT2D eigenvalue weighted by molar-refractivity contribution is 5.97. The molecule has 2 heterocycles. The van der Waals surface area contributed by atoms with Crippen molar-refractivity contribution < 1.29 is 14.6 Å². The van der Waals surface area contributed by atoms with Crippen LogP contribution < -0.4 is 10.3 Å². The van der Waals surface area contributed by atoms with Gasteiger partial charge in [0.2, 0.25) is 11.5 Å². The second-order valence-corrected chi connectivity index (χ2v) is 8.33. The molecule has 1 saturated heterocycles. The number of carbonyl (C=O) groups is 1. The molecule has 0 radical (unpaired) electrons. The maximum absolute atomic E-state index is 11.8. The smallest absolute Gasteiger partial charge is 0.250 e. The Hall–Kier alpha value is -3.16. The van der Waals surface area contributed by atoms with Gasteiger partial charge in [-0.1, -0.05) is 24.3 Å². The minimum Gasteiger partial charge on any atom is -0.491 e. The molecular formula is C25H29N3O4. The number of amides is 1. The Morgan fingerprint density at radius 2 is 1.84 bits per heavy atom. The highest BCUT2D eigenvalue weighted by atomic mass is 16.5. The number of rotatable bonds is 6. The predicted molar refractivity (Wildman–Crippen MR) is 125 cm³/mol. The number of ether oxygens (including phenoxy) is 1. The minimum atomic E-state index is -0.633. The standard InChI is InChI=1S/C25H29N3O4/c1-18(29)28-11-9-27(10-12-28)16-21(30)17-32-22-13-19-5-3-4-6-23(19)24(14-22)20-7-8-25(31)26(2)15-20/h3-8,13-15,21,30H,9-12,16-17H2,1-2H3. The van der Waals surface area contributed by atoms with Crippen molar-refractivity contribution >= 4 is 16.7 Å². The van der Waals surface area contributed by atoms with Gasteiger partial charge in [0.15, 0.2) is 0 Å². The lowest BCUT2D eigenvalue weighted by molar-refractivity contribution is -0.130. The molecule has 1 unspecified atom stereocenters. The number of piperazine rings is 1. The van der Waals surface area contributed by atoms with Crippen molar-refractivity contribution in [3.05, 3.63) is 65.1 Å². The summed E-state index contributed by atoms with van der Waals surface area (Å²) in [6, 6.07) is 15.4. The van der Waals surface area contributed by atoms with E-state index < -0.39 is 6.10 Å². The summed E-state index contributed by atoms with van der Waals surface area (Å²) < 4.78 is 7.55. The summed E-state index contributed by atoms with van der Waals surface area (Å²) in [5.41, 5.74) is 1.85. The molecule has 2 aromatic carbocycles. The molecule has 1 atom stereocenters. The van der Waals surface area contributed by atoms with Crippen LogP contribution >= 0.6 is 0 Å². The van der Waals surface area contributed by atoms with Gasteiger partial charge >= 0.3 is 0 Å². The van der Waals surface area contributed by atoms with E-state index in [1.54, 1.807) is 24.6 Å². The third kappa shape index (κ3) is 5.00. The molecule has 1 amide bonds. The Labute approximate surface area is 187 Å². The van der Waals surface area contributed by atoms with Gasteiger partial charge in [0.25, 0.3) is 0 Å². The summed E-state index contributed by atoms with van der Waals surface area (Å²) in [4.78, 5) is 27.3. The van der Waals surface area contributed by atoms with E-state index in [1.807, 2.05) is 47.5 Å². The summed E-state index contributed by atoms with van der Waals surface area (Å²) in [6.45, 7) is 5.16. The summed E-state index contributed by atoms with van der Waals surface area (Å²) in [5.74, 6) is 0.770. The fraction of sp³-hybridized carbons (Fsp3) is 0.360. The third-order valence-corrected chi connectivity index (χ3v) is 5.96. The van der Waals surface area contributed by atoms with Crippen LogP contribution in [0, 0.1) is 0 Å². The van der Waals surface area contributed by atoms with Gasteiger partial charge in [-0.15, -0.1) is 0 Å². The van der Waals surface area contributed by atoms with Crippen molar-refractivity contribution in [3.8, 4) is 16.9 Å². The maximum Gasteiger partial charge on any atom is 0.250 e. The molecule has 1 aromatic heterocycles. The highest BCUT2D eigenvalue weighted by Crippen LogP contribution is 2.32. The van der Waals surface area contributed by atoms with Crippen LogP contribution in [0.5, 0.6) is 5.75 Å². The number of nitrogens with zero attached hydrogens (tertiary/aromatic N) is 3. The van der Waals surface area contributed by atoms with E-state index in [0.29, 0.717) is 25.4 Å². The first-order valence-electron chi connectivity index (χ1n) is 10.9. The number of carbonyl (C=O) groups excluding carboxylic acids is 1. The molecule has 1 N–H and O–H groups in total. The van der Waals surface area contributed by atoms with Crippen molar-refractivity contribution in [2.45, 2.75) is 13.0 Å². The second-order valence-electron chi connectivity index (χ2n) is 8.33. The van der Waals surface area contributed by atoms with Gasteiger partial charge in [0.1, 0.15) is 18.5 Å². The van der Waals surface area contributed by atoms with Gasteiger partial charge < -0.3 is 19.3 Å². The molecule has 0 aliphatic carbocycles. The Balaban J connectivity index is 1.47. The molecule has 3 aromatic rings. The Morgan fingerprint density at radius 1 is 1.09 bits per heavy atom. The number of aliphatic hydroxyl groups is 1. The first-order chi connectivity index (χ1) is 15.4. The summed E-state index contributed by atoms with van der Waals surface area (Å²) >= 11 is 0. The lowest BCUT2D eigenvalue weighted by Crippen LogP contribution is -2.50. The predicted octanol–water partition coefficient (Wildman–Crippen LogP) is 2.11. The van der Waals surface area contributed by atoms with Gasteiger partial charge in [0.05, 0.1) is 0 Å². The number of aliphatic hydroxyl groups excluding tert-OH is 1. The van der Waals surface area contributed by atoms with Crippen molar-refractivity contribution in [2.75, 3.05) is 39.3 Å². The molecule has 0 saturated carbocycles. The van der Waals surface area contributed by atoms with Crippen LogP contribution in [0.3, 0.4) is 0 Å². The van der Waals surface area contributed by atoms with Crippen molar-refractivity contribution in [3.63, 3.8) is 0 Å². The second kappa shape index (κ2) is 9.54. The molecule has 0 spiro atoms. The Morgan fingerprint density at radius 3 is 2.56 bits per heavy atom. The number of hydrogen-bond acceptors (Lipinski definition) is 5. The quantitative estimate of drug-likeness (QED) is 0.642. The minimum absolute atomic E-state index is 0.0577. The molecule has 1 aliphatic heterocycles. The SMILES string of the molecule is CC(=O)N1CCN(CC(O)COc2cc(-c3ccc(=O)n(C)c3)c3ccccc3c2)CC1. The molecule has 0 bridgehead atoms. The van der Waals surface area contributed by atoms with Gasteiger partial charge in [-0.2, -0.15) is 0 Å². The number of β-amino-alcohol motifs (C(OH)–C–C–N with tert-alkyl or cyclic N) is 1. The van der Waals surface area contributed by atoms with Gasteiger partial charge in [-0.05, 0) is 40.1 Å². The molecule has 7 heteroatoms. The number of aromatic nitrogens is 1. The normalized spacial score (nSPS) is 15.7. The van der Waals surface area contributed by atoms with Crippen LogP contribution in [0.2, 0.25) is 0 Å². The van der Waals surface area contributed by atoms with Crippen LogP contribution in [-0.2, 0) is 11.8 Å². The molecule has 32 heavy (non-hydrogen) atoms. The Kier molecular flexibility index (Phi) is 6.58. The lowest BCUT2D eigenvalue weighted by Gasteiger charge is -2.35. The number of fused-ring (bicyclic) bond motifs is 1. The van der Waals surface area contributed by atoms with Crippen molar-refractivity contribution in [1.29, 1.82) is 0 Å². The molecule has 168 valence electrons. The van der Waals surface area contributed by atoms with Gasteiger partial charge in [0, 0.05) is 59.0 Å². The van der Waals surface area contributed by atoms with Crippen LogP contribution in [0.4, 0.5) is 0 Å². The number of pyridine rings is 1. The lowest BCUT2D eigenvalue weighted by atomic mass is 9.99. The topological polar surface area (TPSA) is 75.0 Å². The van der Waals surface area contributed by atoms with E-state index in [1.165, 1.54) is 0 Å². The fourth-order valence-electron chi connectivity index (χ4n) is 4.15. The van der Waals surface area contributed by atoms with E-state index in [-0.39, 0.29) is 18.1 Å². The molecular weight excluding hydrogens is 406 g/mol. The zero-order chi connectivity index (χ0) is 22.7. The summed E-state index contributed by atoms with van der Waals surface area (Å²) in [5, 5.41) is 12.6. The first kappa shape index (κ1) is 22.0. The van der Waals surface area contributed by atoms with E-state index in [0.717, 1.165) is 35.0 Å². The molecule has 1 fully saturated rings. The molecule has 4 rings (SSSR count). The van der Waals surface area contributed by atoms with Crippen LogP contribution in [0.15, 0.2) is 59.5 Å². The number of benzene rings is 2. The molecule has 7 nitrogen and oxygen atoms in total. The maximum atomic E-state index is 11.8. The van der Waals surface area contributed by atoms with Crippen molar-refractivity contribution in [1.82, 2.24) is 14.4 Å². The van der Waals surface area contributed by atoms with Gasteiger partial charge in [-0.3, -0.25) is 14.5 Å². The van der Waals surface area contributed by atoms with Crippen LogP contribution in [-0.4, -0.2) is 70.8 Å². The van der Waals surface area contributed by atoms with Gasteiger partial charge in [-0.25, -0.2) is 0 Å². The van der Waals surface area contributed by atoms with E-state index in [9.17, 15) is 14.7 Å². The highest BCUT2D eigenvalue weighted by Gasteiger charge is 2.21. The average Bonchev–Trinajstić information content (AvgIpc) is 2.79. The fourth-order valence-corrected chi connectivity index (χ4v) is 4.15. The third-order valence-electron chi connectivity index (χ3n) is 5.96. The zero-order valence-corrected chi connectivity index (χ0v) is 18.5. The summed E-state index contributed by atoms with van der Waals surface area (Å²) in [7, 11) is 1.74. The summed E-state index contributed by atoms with van der Waals surface area (Å²) in [6.07, 6.45) is 1.19. The number of aryl methyl sites for hydroxylation is 1. The molecule has 1 aliphatic rings.